The van der Waals surface area contributed by atoms with E-state index in [1.807, 2.05) is 0 Å². The van der Waals surface area contributed by atoms with Gasteiger partial charge < -0.3 is 0 Å². The number of hydrogen-bond acceptors (Lipinski definition) is 3. The van der Waals surface area contributed by atoms with Gasteiger partial charge in [0.05, 0.1) is 0 Å². The summed E-state index contributed by atoms with van der Waals surface area (Å²) in [6, 6.07) is 0. The van der Waals surface area contributed by atoms with Crippen molar-refractivity contribution in [1.82, 2.24) is 4.31 Å². The third-order valence-electron chi connectivity index (χ3n) is 3.06. The van der Waals surface area contributed by atoms with Crippen molar-refractivity contribution in [3.63, 3.8) is 0 Å². The zero-order valence-electron chi connectivity index (χ0n) is 11.3. The van der Waals surface area contributed by atoms with Gasteiger partial charge in [0, 0.05) is 7.05 Å². The van der Waals surface area contributed by atoms with E-state index in [4.69, 9.17) is 11.6 Å². The van der Waals surface area contributed by atoms with Crippen LogP contribution in [-0.4, -0.2) is 30.6 Å². The minimum Gasteiger partial charge on any atom is -0.279 e. The molecule has 0 atom stereocenters. The molecular weight excluding hydrogens is 357 g/mol. The third-order valence-corrected chi connectivity index (χ3v) is 5.57. The van der Waals surface area contributed by atoms with Crippen LogP contribution >= 0.6 is 11.6 Å². The topological polar surface area (TPSA) is 54.5 Å². The summed E-state index contributed by atoms with van der Waals surface area (Å²) in [4.78, 5) is 9.15. The molecule has 0 aromatic heterocycles. The van der Waals surface area contributed by atoms with E-state index in [0.717, 1.165) is 13.8 Å². The van der Waals surface area contributed by atoms with Crippen LogP contribution in [-0.2, 0) is 14.8 Å². The van der Waals surface area contributed by atoms with Gasteiger partial charge in [-0.05, 0) is 25.4 Å². The van der Waals surface area contributed by atoms with Crippen molar-refractivity contribution in [2.75, 3.05) is 7.05 Å². The number of carbonyl (C=O) groups is 1. The molecule has 22 heavy (non-hydrogen) atoms. The number of hydrogen-bond donors (Lipinski definition) is 0. The maximum atomic E-state index is 13.6. The van der Waals surface area contributed by atoms with Gasteiger partial charge in [0.1, 0.15) is 5.54 Å². The Balaban J connectivity index is 3.72. The molecule has 0 radical (unpaired) electrons. The summed E-state index contributed by atoms with van der Waals surface area (Å²) in [7, 11) is -4.52. The van der Waals surface area contributed by atoms with E-state index in [0.29, 0.717) is 7.05 Å². The molecule has 4 nitrogen and oxygen atoms in total. The van der Waals surface area contributed by atoms with E-state index >= 15 is 0 Å². The lowest BCUT2D eigenvalue weighted by molar-refractivity contribution is -0.118. The quantitative estimate of drug-likeness (QED) is 0.356. The Morgan fingerprint density at radius 1 is 0.955 bits per heavy atom. The van der Waals surface area contributed by atoms with Crippen LogP contribution in [0.1, 0.15) is 13.8 Å². The first-order valence-corrected chi connectivity index (χ1v) is 7.30. The normalized spacial score (nSPS) is 12.8. The second-order valence-electron chi connectivity index (χ2n) is 4.70. The van der Waals surface area contributed by atoms with Gasteiger partial charge >= 0.3 is 0 Å². The summed E-state index contributed by atoms with van der Waals surface area (Å²) in [6.07, 6.45) is 0. The molecule has 0 aliphatic carbocycles. The van der Waals surface area contributed by atoms with E-state index in [1.165, 1.54) is 0 Å². The van der Waals surface area contributed by atoms with Crippen molar-refractivity contribution in [2.45, 2.75) is 24.3 Å². The molecule has 0 spiro atoms. The predicted molar refractivity (Wildman–Crippen MR) is 66.1 cm³/mol. The number of sulfonamides is 1. The number of rotatable bonds is 4. The van der Waals surface area contributed by atoms with E-state index in [2.05, 4.69) is 0 Å². The Bertz CT molecular complexity index is 722. The number of nitrogens with zero attached hydrogens (tertiary/aromatic N) is 1. The Morgan fingerprint density at radius 3 is 1.59 bits per heavy atom. The molecule has 124 valence electrons. The fraction of sp³-hybridized carbons (Fsp3) is 0.364. The minimum atomic E-state index is -5.23. The van der Waals surface area contributed by atoms with E-state index in [1.54, 1.807) is 0 Å². The van der Waals surface area contributed by atoms with Crippen LogP contribution in [0.2, 0.25) is 0 Å². The van der Waals surface area contributed by atoms with Crippen molar-refractivity contribution in [1.29, 1.82) is 0 Å². The van der Waals surface area contributed by atoms with Crippen LogP contribution in [0.3, 0.4) is 0 Å². The summed E-state index contributed by atoms with van der Waals surface area (Å²) < 4.78 is 90.7. The van der Waals surface area contributed by atoms with Gasteiger partial charge in [-0.2, -0.15) is 4.31 Å². The Labute approximate surface area is 127 Å². The number of likely N-dealkylation sites (N-methyl/N-ethyl adjacent to an activating group) is 1. The third kappa shape index (κ3) is 2.70. The van der Waals surface area contributed by atoms with Gasteiger partial charge in [-0.15, -0.1) is 0 Å². The van der Waals surface area contributed by atoms with Crippen LogP contribution in [0.4, 0.5) is 22.0 Å². The van der Waals surface area contributed by atoms with E-state index in [-0.39, 0.29) is 4.31 Å². The first-order chi connectivity index (χ1) is 9.77. The molecule has 0 bridgehead atoms. The van der Waals surface area contributed by atoms with Gasteiger partial charge in [0.25, 0.3) is 0 Å². The lowest BCUT2D eigenvalue weighted by Gasteiger charge is -2.31. The van der Waals surface area contributed by atoms with Crippen LogP contribution in [0.5, 0.6) is 0 Å². The van der Waals surface area contributed by atoms with Crippen molar-refractivity contribution in [3.05, 3.63) is 29.1 Å². The molecule has 0 aliphatic rings. The fourth-order valence-corrected chi connectivity index (χ4v) is 3.14. The molecule has 0 fully saturated rings. The van der Waals surface area contributed by atoms with Crippen molar-refractivity contribution < 1.29 is 35.2 Å². The summed E-state index contributed by atoms with van der Waals surface area (Å²) in [5, 5.41) is -1.22. The maximum Gasteiger partial charge on any atom is 0.249 e. The Kier molecular flexibility index (Phi) is 4.91. The number of carbonyl (C=O) groups excluding carboxylic acids is 1. The first-order valence-electron chi connectivity index (χ1n) is 5.48. The number of halogens is 6. The molecule has 1 aromatic rings. The summed E-state index contributed by atoms with van der Waals surface area (Å²) in [5.41, 5.74) is -1.99. The summed E-state index contributed by atoms with van der Waals surface area (Å²) in [5.74, 6) is -12.4. The predicted octanol–water partition coefficient (Wildman–Crippen LogP) is 2.55. The molecule has 11 heteroatoms. The zero-order valence-corrected chi connectivity index (χ0v) is 12.9. The van der Waals surface area contributed by atoms with Crippen LogP contribution in [0, 0.1) is 29.1 Å². The van der Waals surface area contributed by atoms with E-state index < -0.39 is 54.8 Å². The SMILES string of the molecule is CN(C(C)(C)C(=O)Cl)S(=O)(=O)c1c(F)c(F)c(F)c(F)c1F. The minimum absolute atomic E-state index is 0.119. The monoisotopic (exact) mass is 365 g/mol. The average Bonchev–Trinajstić information content (AvgIpc) is 2.41. The largest absolute Gasteiger partial charge is 0.279 e. The van der Waals surface area contributed by atoms with Crippen LogP contribution < -0.4 is 0 Å². The highest BCUT2D eigenvalue weighted by Gasteiger charge is 2.43. The molecular formula is C11H9ClF5NO3S. The highest BCUT2D eigenvalue weighted by molar-refractivity contribution is 7.89. The van der Waals surface area contributed by atoms with E-state index in [9.17, 15) is 35.2 Å². The highest BCUT2D eigenvalue weighted by atomic mass is 35.5. The summed E-state index contributed by atoms with van der Waals surface area (Å²) >= 11 is 5.18. The second kappa shape index (κ2) is 5.74. The average molecular weight is 366 g/mol. The van der Waals surface area contributed by atoms with Crippen LogP contribution in [0.15, 0.2) is 4.90 Å². The zero-order chi connectivity index (χ0) is 17.6. The second-order valence-corrected chi connectivity index (χ2v) is 6.95. The Morgan fingerprint density at radius 2 is 1.27 bits per heavy atom. The molecule has 1 rings (SSSR count). The summed E-state index contributed by atoms with van der Waals surface area (Å²) in [6.45, 7) is 1.98. The van der Waals surface area contributed by atoms with Crippen molar-refractivity contribution in [2.24, 2.45) is 0 Å². The first kappa shape index (κ1) is 18.8. The molecule has 0 unspecified atom stereocenters. The van der Waals surface area contributed by atoms with Gasteiger partial charge in [0.15, 0.2) is 28.2 Å². The van der Waals surface area contributed by atoms with Crippen molar-refractivity contribution >= 4 is 26.9 Å². The van der Waals surface area contributed by atoms with Gasteiger partial charge in [-0.3, -0.25) is 4.79 Å². The molecule has 0 aliphatic heterocycles. The standard InChI is InChI=1S/C11H9ClF5NO3S/c1-11(2,10(12)19)18(3)22(20,21)9-7(16)5(14)4(13)6(15)8(9)17/h1-3H3. The molecule has 1 aromatic carbocycles. The molecule has 0 amide bonds. The van der Waals surface area contributed by atoms with Gasteiger partial charge in [-0.25, -0.2) is 30.4 Å². The van der Waals surface area contributed by atoms with Crippen molar-refractivity contribution in [3.8, 4) is 0 Å². The molecule has 0 N–H and O–H groups in total. The Hall–Kier alpha value is -1.26. The number of benzene rings is 1. The highest BCUT2D eigenvalue weighted by Crippen LogP contribution is 2.31. The fourth-order valence-electron chi connectivity index (χ4n) is 1.37. The maximum absolute atomic E-state index is 13.6. The van der Waals surface area contributed by atoms with Gasteiger partial charge in [0.2, 0.25) is 21.1 Å². The molecule has 0 saturated heterocycles. The lowest BCUT2D eigenvalue weighted by Crippen LogP contribution is -2.49. The molecule has 0 saturated carbocycles. The van der Waals surface area contributed by atoms with Gasteiger partial charge in [-0.1, -0.05) is 0 Å². The van der Waals surface area contributed by atoms with Crippen LogP contribution in [0.25, 0.3) is 0 Å². The molecule has 0 heterocycles. The smallest absolute Gasteiger partial charge is 0.249 e. The lowest BCUT2D eigenvalue weighted by atomic mass is 10.1.